The molecule has 2 nitrogen and oxygen atoms in total. The molecular formula is C12H20O2. The maximum Gasteiger partial charge on any atom is 0.158 e. The van der Waals surface area contributed by atoms with E-state index >= 15 is 0 Å². The molecule has 80 valence electrons. The molecule has 1 unspecified atom stereocenters. The predicted octanol–water partition coefficient (Wildman–Crippen LogP) is 2.73. The number of unbranched alkanes of at least 4 members (excludes halogenated alkanes) is 1. The summed E-state index contributed by atoms with van der Waals surface area (Å²) < 4.78 is 5.74. The number of carbonyl (C=O) groups excluding carboxylic acids is 1. The molecule has 0 aromatic heterocycles. The van der Waals surface area contributed by atoms with Crippen LogP contribution in [0.4, 0.5) is 0 Å². The van der Waals surface area contributed by atoms with Crippen LogP contribution in [0.3, 0.4) is 0 Å². The van der Waals surface area contributed by atoms with Crippen molar-refractivity contribution in [2.75, 3.05) is 6.61 Å². The first-order valence-electron chi connectivity index (χ1n) is 5.40. The van der Waals surface area contributed by atoms with Crippen molar-refractivity contribution in [3.05, 3.63) is 12.2 Å². The minimum atomic E-state index is 0.00164. The minimum Gasteiger partial charge on any atom is -0.377 e. The molecule has 0 aromatic rings. The van der Waals surface area contributed by atoms with Crippen LogP contribution >= 0.6 is 0 Å². The number of ether oxygens (including phenoxy) is 1. The first-order chi connectivity index (χ1) is 6.56. The third-order valence-corrected chi connectivity index (χ3v) is 2.73. The van der Waals surface area contributed by atoms with Crippen LogP contribution in [0.1, 0.15) is 40.0 Å². The molecule has 0 radical (unpaired) electrons. The van der Waals surface area contributed by atoms with E-state index in [1.54, 1.807) is 6.08 Å². The van der Waals surface area contributed by atoms with E-state index < -0.39 is 0 Å². The smallest absolute Gasteiger partial charge is 0.158 e. The van der Waals surface area contributed by atoms with Gasteiger partial charge >= 0.3 is 0 Å². The highest BCUT2D eigenvalue weighted by atomic mass is 16.5. The van der Waals surface area contributed by atoms with Crippen molar-refractivity contribution in [2.24, 2.45) is 5.41 Å². The Hall–Kier alpha value is -0.630. The zero-order valence-corrected chi connectivity index (χ0v) is 9.38. The lowest BCUT2D eigenvalue weighted by atomic mass is 9.79. The second-order valence-electron chi connectivity index (χ2n) is 4.54. The van der Waals surface area contributed by atoms with Gasteiger partial charge in [0.05, 0.1) is 6.10 Å². The van der Waals surface area contributed by atoms with Crippen LogP contribution in [0.5, 0.6) is 0 Å². The van der Waals surface area contributed by atoms with Crippen molar-refractivity contribution < 1.29 is 9.53 Å². The fourth-order valence-corrected chi connectivity index (χ4v) is 1.57. The van der Waals surface area contributed by atoms with Crippen molar-refractivity contribution >= 4 is 5.78 Å². The van der Waals surface area contributed by atoms with Crippen molar-refractivity contribution in [3.63, 3.8) is 0 Å². The number of rotatable bonds is 4. The summed E-state index contributed by atoms with van der Waals surface area (Å²) >= 11 is 0. The van der Waals surface area contributed by atoms with Gasteiger partial charge < -0.3 is 4.74 Å². The quantitative estimate of drug-likeness (QED) is 0.646. The maximum absolute atomic E-state index is 11.2. The van der Waals surface area contributed by atoms with Gasteiger partial charge in [-0.3, -0.25) is 4.79 Å². The molecule has 0 aliphatic heterocycles. The average Bonchev–Trinajstić information content (AvgIpc) is 2.12. The van der Waals surface area contributed by atoms with Crippen LogP contribution in [-0.4, -0.2) is 18.5 Å². The summed E-state index contributed by atoms with van der Waals surface area (Å²) in [7, 11) is 0. The lowest BCUT2D eigenvalue weighted by Crippen LogP contribution is -2.35. The minimum absolute atomic E-state index is 0.00164. The first-order valence-corrected chi connectivity index (χ1v) is 5.40. The van der Waals surface area contributed by atoms with Crippen molar-refractivity contribution in [1.29, 1.82) is 0 Å². The summed E-state index contributed by atoms with van der Waals surface area (Å²) in [5, 5.41) is 0. The number of carbonyl (C=O) groups is 1. The lowest BCUT2D eigenvalue weighted by molar-refractivity contribution is -0.121. The van der Waals surface area contributed by atoms with Gasteiger partial charge in [-0.25, -0.2) is 0 Å². The zero-order valence-electron chi connectivity index (χ0n) is 9.38. The van der Waals surface area contributed by atoms with Gasteiger partial charge in [0.15, 0.2) is 5.78 Å². The van der Waals surface area contributed by atoms with Crippen LogP contribution in [0.15, 0.2) is 12.2 Å². The van der Waals surface area contributed by atoms with Gasteiger partial charge in [0.25, 0.3) is 0 Å². The Balaban J connectivity index is 2.50. The van der Waals surface area contributed by atoms with Gasteiger partial charge in [-0.2, -0.15) is 0 Å². The molecule has 0 bridgehead atoms. The van der Waals surface area contributed by atoms with E-state index in [0.717, 1.165) is 19.4 Å². The molecule has 1 aliphatic carbocycles. The molecule has 0 fully saturated rings. The Morgan fingerprint density at radius 1 is 1.57 bits per heavy atom. The fraction of sp³-hybridized carbons (Fsp3) is 0.750. The molecule has 0 saturated heterocycles. The standard InChI is InChI=1S/C12H20O2/c1-4-5-8-14-11-9-10(13)6-7-12(11,2)3/h6-7,11H,4-5,8-9H2,1-3H3. The zero-order chi connectivity index (χ0) is 10.6. The van der Waals surface area contributed by atoms with Gasteiger partial charge in [0, 0.05) is 18.4 Å². The molecule has 1 rings (SSSR count). The molecule has 0 saturated carbocycles. The molecule has 1 atom stereocenters. The molecule has 0 spiro atoms. The van der Waals surface area contributed by atoms with Crippen LogP contribution in [0.2, 0.25) is 0 Å². The Kier molecular flexibility index (Phi) is 3.87. The molecule has 0 amide bonds. The third-order valence-electron chi connectivity index (χ3n) is 2.73. The molecule has 0 heterocycles. The Labute approximate surface area is 86.3 Å². The van der Waals surface area contributed by atoms with E-state index in [2.05, 4.69) is 20.8 Å². The van der Waals surface area contributed by atoms with Gasteiger partial charge in [0.1, 0.15) is 0 Å². The van der Waals surface area contributed by atoms with Crippen LogP contribution in [-0.2, 0) is 9.53 Å². The Morgan fingerprint density at radius 3 is 2.93 bits per heavy atom. The molecular weight excluding hydrogens is 176 g/mol. The number of ketones is 1. The summed E-state index contributed by atoms with van der Waals surface area (Å²) in [5.74, 6) is 0.186. The van der Waals surface area contributed by atoms with Crippen LogP contribution in [0.25, 0.3) is 0 Å². The van der Waals surface area contributed by atoms with E-state index in [4.69, 9.17) is 4.74 Å². The van der Waals surface area contributed by atoms with E-state index in [0.29, 0.717) is 6.42 Å². The molecule has 14 heavy (non-hydrogen) atoms. The summed E-state index contributed by atoms with van der Waals surface area (Å²) in [4.78, 5) is 11.2. The summed E-state index contributed by atoms with van der Waals surface area (Å²) in [6, 6.07) is 0. The van der Waals surface area contributed by atoms with Crippen LogP contribution < -0.4 is 0 Å². The van der Waals surface area contributed by atoms with Gasteiger partial charge in [-0.05, 0) is 12.5 Å². The molecule has 2 heteroatoms. The van der Waals surface area contributed by atoms with E-state index in [9.17, 15) is 4.79 Å². The second-order valence-corrected chi connectivity index (χ2v) is 4.54. The van der Waals surface area contributed by atoms with E-state index in [1.165, 1.54) is 0 Å². The lowest BCUT2D eigenvalue weighted by Gasteiger charge is -2.33. The molecule has 0 aromatic carbocycles. The van der Waals surface area contributed by atoms with Gasteiger partial charge in [-0.15, -0.1) is 0 Å². The Bertz CT molecular complexity index is 228. The second kappa shape index (κ2) is 4.74. The maximum atomic E-state index is 11.2. The van der Waals surface area contributed by atoms with E-state index in [1.807, 2.05) is 6.08 Å². The van der Waals surface area contributed by atoms with Gasteiger partial charge in [0.2, 0.25) is 0 Å². The monoisotopic (exact) mass is 196 g/mol. The summed E-state index contributed by atoms with van der Waals surface area (Å²) in [5.41, 5.74) is 0.00164. The SMILES string of the molecule is CCCCOC1CC(=O)C=CC1(C)C. The van der Waals surface area contributed by atoms with Gasteiger partial charge in [-0.1, -0.05) is 33.3 Å². The van der Waals surface area contributed by atoms with E-state index in [-0.39, 0.29) is 17.3 Å². The number of hydrogen-bond acceptors (Lipinski definition) is 2. The third kappa shape index (κ3) is 2.95. The topological polar surface area (TPSA) is 26.3 Å². The largest absolute Gasteiger partial charge is 0.377 e. The summed E-state index contributed by atoms with van der Waals surface area (Å²) in [6.45, 7) is 7.14. The van der Waals surface area contributed by atoms with Crippen molar-refractivity contribution in [1.82, 2.24) is 0 Å². The number of hydrogen-bond donors (Lipinski definition) is 0. The fourth-order valence-electron chi connectivity index (χ4n) is 1.57. The van der Waals surface area contributed by atoms with Crippen molar-refractivity contribution in [3.8, 4) is 0 Å². The predicted molar refractivity (Wildman–Crippen MR) is 57.2 cm³/mol. The highest BCUT2D eigenvalue weighted by molar-refractivity contribution is 5.91. The molecule has 0 N–H and O–H groups in total. The van der Waals surface area contributed by atoms with Crippen molar-refractivity contribution in [2.45, 2.75) is 46.1 Å². The average molecular weight is 196 g/mol. The first kappa shape index (κ1) is 11.4. The molecule has 1 aliphatic rings. The summed E-state index contributed by atoms with van der Waals surface area (Å²) in [6.07, 6.45) is 6.45. The highest BCUT2D eigenvalue weighted by Gasteiger charge is 2.32. The normalized spacial score (nSPS) is 25.4. The Morgan fingerprint density at radius 2 is 2.29 bits per heavy atom. The number of allylic oxidation sites excluding steroid dienone is 1. The highest BCUT2D eigenvalue weighted by Crippen LogP contribution is 2.31. The van der Waals surface area contributed by atoms with Crippen LogP contribution in [0, 0.1) is 5.41 Å².